The molecule has 2 aromatic carbocycles. The molecule has 0 radical (unpaired) electrons. The predicted molar refractivity (Wildman–Crippen MR) is 106 cm³/mol. The van der Waals surface area contributed by atoms with Gasteiger partial charge < -0.3 is 15.4 Å². The highest BCUT2D eigenvalue weighted by molar-refractivity contribution is 6.30. The van der Waals surface area contributed by atoms with Gasteiger partial charge in [-0.1, -0.05) is 23.7 Å². The maximum Gasteiger partial charge on any atom is 0.270 e. The monoisotopic (exact) mass is 382 g/mol. The highest BCUT2D eigenvalue weighted by Gasteiger charge is 2.09. The van der Waals surface area contributed by atoms with Crippen LogP contribution in [-0.2, 0) is 6.42 Å². The van der Waals surface area contributed by atoms with Crippen LogP contribution in [0.15, 0.2) is 60.8 Å². The molecular formula is C20H19ClN4O2. The first kappa shape index (κ1) is 18.7. The van der Waals surface area contributed by atoms with Crippen molar-refractivity contribution < 1.29 is 9.53 Å². The van der Waals surface area contributed by atoms with Gasteiger partial charge in [0.1, 0.15) is 11.4 Å². The summed E-state index contributed by atoms with van der Waals surface area (Å²) in [5, 5.41) is 6.61. The van der Waals surface area contributed by atoms with E-state index in [2.05, 4.69) is 20.6 Å². The van der Waals surface area contributed by atoms with Crippen LogP contribution in [0.25, 0.3) is 0 Å². The standard InChI is InChI=1S/C20H19ClN4O2/c1-27-17-7-5-16(6-8-17)24-20-23-12-10-18(25-20)19(26)22-11-9-14-3-2-4-15(21)13-14/h2-8,10,12-13H,9,11H2,1H3,(H,22,26)(H,23,24,25). The summed E-state index contributed by atoms with van der Waals surface area (Å²) in [6, 6.07) is 16.5. The number of ether oxygens (including phenoxy) is 1. The molecule has 0 aliphatic rings. The van der Waals surface area contributed by atoms with E-state index in [1.807, 2.05) is 48.5 Å². The maximum absolute atomic E-state index is 12.3. The fraction of sp³-hybridized carbons (Fsp3) is 0.150. The quantitative estimate of drug-likeness (QED) is 0.649. The molecule has 0 aliphatic heterocycles. The van der Waals surface area contributed by atoms with Crippen LogP contribution in [0.2, 0.25) is 5.02 Å². The zero-order valence-electron chi connectivity index (χ0n) is 14.8. The second kappa shape index (κ2) is 9.00. The van der Waals surface area contributed by atoms with E-state index in [1.54, 1.807) is 19.4 Å². The summed E-state index contributed by atoms with van der Waals surface area (Å²) in [6.07, 6.45) is 2.24. The van der Waals surface area contributed by atoms with Crippen molar-refractivity contribution in [2.45, 2.75) is 6.42 Å². The molecule has 2 N–H and O–H groups in total. The van der Waals surface area contributed by atoms with E-state index in [-0.39, 0.29) is 5.91 Å². The molecule has 0 spiro atoms. The van der Waals surface area contributed by atoms with Gasteiger partial charge in [0.25, 0.3) is 5.91 Å². The number of aromatic nitrogens is 2. The number of nitrogens with zero attached hydrogens (tertiary/aromatic N) is 2. The van der Waals surface area contributed by atoms with Gasteiger partial charge in [0, 0.05) is 23.5 Å². The molecular weight excluding hydrogens is 364 g/mol. The number of rotatable bonds is 7. The molecule has 1 aromatic heterocycles. The third-order valence-electron chi connectivity index (χ3n) is 3.82. The van der Waals surface area contributed by atoms with Crippen LogP contribution in [-0.4, -0.2) is 29.5 Å². The highest BCUT2D eigenvalue weighted by Crippen LogP contribution is 2.17. The molecule has 0 saturated heterocycles. The number of halogens is 1. The van der Waals surface area contributed by atoms with Gasteiger partial charge in [0.2, 0.25) is 5.95 Å². The average molecular weight is 383 g/mol. The normalized spacial score (nSPS) is 10.3. The van der Waals surface area contributed by atoms with E-state index < -0.39 is 0 Å². The summed E-state index contributed by atoms with van der Waals surface area (Å²) in [5.41, 5.74) is 2.16. The number of benzene rings is 2. The Kier molecular flexibility index (Phi) is 6.22. The Morgan fingerprint density at radius 1 is 1.15 bits per heavy atom. The lowest BCUT2D eigenvalue weighted by Crippen LogP contribution is -2.26. The molecule has 0 atom stereocenters. The summed E-state index contributed by atoms with van der Waals surface area (Å²) in [7, 11) is 1.61. The second-order valence-electron chi connectivity index (χ2n) is 5.75. The molecule has 3 aromatic rings. The lowest BCUT2D eigenvalue weighted by Gasteiger charge is -2.08. The smallest absolute Gasteiger partial charge is 0.270 e. The van der Waals surface area contributed by atoms with Crippen LogP contribution < -0.4 is 15.4 Å². The molecule has 0 aliphatic carbocycles. The third-order valence-corrected chi connectivity index (χ3v) is 4.06. The number of methoxy groups -OCH3 is 1. The minimum absolute atomic E-state index is 0.253. The van der Waals surface area contributed by atoms with Crippen LogP contribution in [0.3, 0.4) is 0 Å². The second-order valence-corrected chi connectivity index (χ2v) is 6.19. The van der Waals surface area contributed by atoms with Crippen LogP contribution in [0.4, 0.5) is 11.6 Å². The number of amides is 1. The maximum atomic E-state index is 12.3. The largest absolute Gasteiger partial charge is 0.497 e. The molecule has 27 heavy (non-hydrogen) atoms. The molecule has 6 nitrogen and oxygen atoms in total. The average Bonchev–Trinajstić information content (AvgIpc) is 2.69. The van der Waals surface area contributed by atoms with Gasteiger partial charge in [-0.05, 0) is 54.4 Å². The molecule has 0 saturated carbocycles. The van der Waals surface area contributed by atoms with Gasteiger partial charge in [-0.15, -0.1) is 0 Å². The summed E-state index contributed by atoms with van der Waals surface area (Å²) in [4.78, 5) is 20.7. The molecule has 1 amide bonds. The van der Waals surface area contributed by atoms with Crippen LogP contribution in [0, 0.1) is 0 Å². The number of carbonyl (C=O) groups excluding carboxylic acids is 1. The van der Waals surface area contributed by atoms with E-state index in [1.165, 1.54) is 0 Å². The van der Waals surface area contributed by atoms with Crippen molar-refractivity contribution in [3.63, 3.8) is 0 Å². The van der Waals surface area contributed by atoms with Crippen molar-refractivity contribution in [1.29, 1.82) is 0 Å². The lowest BCUT2D eigenvalue weighted by molar-refractivity contribution is 0.0949. The van der Waals surface area contributed by atoms with Crippen LogP contribution in [0.1, 0.15) is 16.1 Å². The Morgan fingerprint density at radius 3 is 2.70 bits per heavy atom. The van der Waals surface area contributed by atoms with Gasteiger partial charge in [0.15, 0.2) is 0 Å². The summed E-state index contributed by atoms with van der Waals surface area (Å²) >= 11 is 5.96. The molecule has 0 unspecified atom stereocenters. The Balaban J connectivity index is 1.57. The minimum atomic E-state index is -0.253. The van der Waals surface area contributed by atoms with Gasteiger partial charge in [0.05, 0.1) is 7.11 Å². The predicted octanol–water partition coefficient (Wildman–Crippen LogP) is 3.85. The number of carbonyl (C=O) groups is 1. The number of nitrogens with one attached hydrogen (secondary N) is 2. The Labute approximate surface area is 162 Å². The van der Waals surface area contributed by atoms with E-state index in [0.29, 0.717) is 29.6 Å². The number of hydrogen-bond acceptors (Lipinski definition) is 5. The molecule has 1 heterocycles. The van der Waals surface area contributed by atoms with Crippen molar-refractivity contribution >= 4 is 29.1 Å². The molecule has 3 rings (SSSR count). The number of hydrogen-bond donors (Lipinski definition) is 2. The zero-order chi connectivity index (χ0) is 19.1. The van der Waals surface area contributed by atoms with Crippen molar-refractivity contribution in [2.75, 3.05) is 19.0 Å². The minimum Gasteiger partial charge on any atom is -0.497 e. The molecule has 0 fully saturated rings. The summed E-state index contributed by atoms with van der Waals surface area (Å²) < 4.78 is 5.13. The molecule has 138 valence electrons. The van der Waals surface area contributed by atoms with E-state index >= 15 is 0 Å². The van der Waals surface area contributed by atoms with Gasteiger partial charge >= 0.3 is 0 Å². The summed E-state index contributed by atoms with van der Waals surface area (Å²) in [6.45, 7) is 0.490. The van der Waals surface area contributed by atoms with Crippen LogP contribution in [0.5, 0.6) is 5.75 Å². The van der Waals surface area contributed by atoms with E-state index in [4.69, 9.17) is 16.3 Å². The first-order chi connectivity index (χ1) is 13.1. The molecule has 0 bridgehead atoms. The third kappa shape index (κ3) is 5.43. The van der Waals surface area contributed by atoms with Crippen molar-refractivity contribution in [3.8, 4) is 5.75 Å². The Morgan fingerprint density at radius 2 is 1.96 bits per heavy atom. The fourth-order valence-electron chi connectivity index (χ4n) is 2.45. The Bertz CT molecular complexity index is 916. The first-order valence-corrected chi connectivity index (χ1v) is 8.78. The SMILES string of the molecule is COc1ccc(Nc2nccc(C(=O)NCCc3cccc(Cl)c3)n2)cc1. The fourth-order valence-corrected chi connectivity index (χ4v) is 2.67. The Hall–Kier alpha value is -3.12. The van der Waals surface area contributed by atoms with Crippen molar-refractivity contribution in [1.82, 2.24) is 15.3 Å². The highest BCUT2D eigenvalue weighted by atomic mass is 35.5. The van der Waals surface area contributed by atoms with Crippen molar-refractivity contribution in [3.05, 3.63) is 77.1 Å². The molecule has 7 heteroatoms. The first-order valence-electron chi connectivity index (χ1n) is 8.41. The van der Waals surface area contributed by atoms with Crippen LogP contribution >= 0.6 is 11.6 Å². The topological polar surface area (TPSA) is 76.1 Å². The van der Waals surface area contributed by atoms with E-state index in [9.17, 15) is 4.79 Å². The van der Waals surface area contributed by atoms with Crippen molar-refractivity contribution in [2.24, 2.45) is 0 Å². The van der Waals surface area contributed by atoms with Gasteiger partial charge in [-0.25, -0.2) is 9.97 Å². The lowest BCUT2D eigenvalue weighted by atomic mass is 10.1. The van der Waals surface area contributed by atoms with Gasteiger partial charge in [-0.2, -0.15) is 0 Å². The number of anilines is 2. The van der Waals surface area contributed by atoms with Gasteiger partial charge in [-0.3, -0.25) is 4.79 Å². The summed E-state index contributed by atoms with van der Waals surface area (Å²) in [5.74, 6) is 0.856. The zero-order valence-corrected chi connectivity index (χ0v) is 15.5. The van der Waals surface area contributed by atoms with E-state index in [0.717, 1.165) is 17.0 Å².